The molecule has 13 fully saturated rings. The molecule has 13 saturated carbocycles. The molecular weight excluding hydrogens is 1070 g/mol. The van der Waals surface area contributed by atoms with Crippen LogP contribution in [0.5, 0.6) is 0 Å². The maximum atomic E-state index is 2.49. The monoisotopic (exact) mass is 1240 g/mol. The summed E-state index contributed by atoms with van der Waals surface area (Å²) in [5.41, 5.74) is 0.688. The maximum Gasteiger partial charge on any atom is -0.0295 e. The Hall–Kier alpha value is 0. The first-order valence-corrected chi connectivity index (χ1v) is 42.5. The quantitative estimate of drug-likeness (QED) is 0.227. The SMILES string of the molecule is CC(C)C1CC2CCCC(C2)C1.CC(C)C1CC2CCCCC(C2)C1.CC(C)C1CCC2CC1C2(C)C.CC(C)C1CCCCCCCC1.CC(C)C1CCCCCCCCC1.CC1CC2CC(C1)CC(C(C)C)C2.CCC1CC2CC(C1)CC(C(C)C)C2. The van der Waals surface area contributed by atoms with Crippen molar-refractivity contribution in [1.29, 1.82) is 0 Å². The van der Waals surface area contributed by atoms with E-state index in [2.05, 4.69) is 125 Å². The van der Waals surface area contributed by atoms with E-state index >= 15 is 0 Å². The van der Waals surface area contributed by atoms with Crippen LogP contribution < -0.4 is 0 Å². The molecule has 0 N–H and O–H groups in total. The molecule has 524 valence electrons. The molecule has 0 aromatic rings. The van der Waals surface area contributed by atoms with E-state index in [0.29, 0.717) is 5.41 Å². The second-order valence-corrected chi connectivity index (χ2v) is 38.9. The third kappa shape index (κ3) is 27.1. The van der Waals surface area contributed by atoms with Crippen LogP contribution >= 0.6 is 0 Å². The summed E-state index contributed by atoms with van der Waals surface area (Å²) < 4.78 is 0. The highest BCUT2D eigenvalue weighted by molar-refractivity contribution is 5.04. The number of hydrogen-bond acceptors (Lipinski definition) is 0. The third-order valence-electron chi connectivity index (χ3n) is 29.3. The second kappa shape index (κ2) is 40.7. The normalized spacial score (nSPS) is 37.4. The first kappa shape index (κ1) is 78.0. The van der Waals surface area contributed by atoms with E-state index < -0.39 is 0 Å². The van der Waals surface area contributed by atoms with E-state index in [1.807, 2.05) is 0 Å². The molecule has 0 nitrogen and oxygen atoms in total. The van der Waals surface area contributed by atoms with Crippen molar-refractivity contribution in [2.75, 3.05) is 0 Å². The van der Waals surface area contributed by atoms with Gasteiger partial charge in [-0.2, -0.15) is 0 Å². The molecule has 0 radical (unpaired) electrons. The molecule has 0 aromatic carbocycles. The van der Waals surface area contributed by atoms with Crippen molar-refractivity contribution >= 4 is 0 Å². The van der Waals surface area contributed by atoms with Gasteiger partial charge in [-0.15, -0.1) is 0 Å². The van der Waals surface area contributed by atoms with E-state index in [1.54, 1.807) is 116 Å². The molecule has 10 bridgehead atoms. The summed E-state index contributed by atoms with van der Waals surface area (Å²) in [6, 6.07) is 0. The highest BCUT2D eigenvalue weighted by Gasteiger charge is 2.54. The summed E-state index contributed by atoms with van der Waals surface area (Å²) in [6.45, 7) is 43.5. The fraction of sp³-hybridized carbons (Fsp3) is 1.00. The molecule has 11 unspecified atom stereocenters. The highest BCUT2D eigenvalue weighted by atomic mass is 14.6. The Morgan fingerprint density at radius 3 is 0.820 bits per heavy atom. The number of fused-ring (bicyclic) bond motifs is 10. The number of hydrogen-bond donors (Lipinski definition) is 0. The lowest BCUT2D eigenvalue weighted by molar-refractivity contribution is -0.117. The summed E-state index contributed by atoms with van der Waals surface area (Å²) in [4.78, 5) is 0. The Bertz CT molecular complexity index is 1690. The van der Waals surface area contributed by atoms with Crippen LogP contribution in [-0.2, 0) is 0 Å². The number of rotatable bonds is 8. The van der Waals surface area contributed by atoms with Gasteiger partial charge in [0.25, 0.3) is 0 Å². The molecular formula is C89H168. The minimum absolute atomic E-state index is 0.688. The van der Waals surface area contributed by atoms with E-state index in [9.17, 15) is 0 Å². The zero-order valence-electron chi connectivity index (χ0n) is 64.6. The summed E-state index contributed by atoms with van der Waals surface area (Å²) in [7, 11) is 0. The van der Waals surface area contributed by atoms with Gasteiger partial charge in [0.05, 0.1) is 0 Å². The van der Waals surface area contributed by atoms with Gasteiger partial charge >= 0.3 is 0 Å². The van der Waals surface area contributed by atoms with Crippen LogP contribution in [0, 0.1) is 159 Å². The van der Waals surface area contributed by atoms with Crippen molar-refractivity contribution in [3.8, 4) is 0 Å². The van der Waals surface area contributed by atoms with Crippen molar-refractivity contribution in [2.45, 2.75) is 407 Å². The second-order valence-electron chi connectivity index (χ2n) is 38.9. The largest absolute Gasteiger partial charge is 0.0651 e. The minimum atomic E-state index is 0.688. The van der Waals surface area contributed by atoms with Crippen LogP contribution in [0.1, 0.15) is 407 Å². The molecule has 0 heteroatoms. The predicted molar refractivity (Wildman–Crippen MR) is 398 cm³/mol. The average Bonchev–Trinajstić information content (AvgIpc) is 2.10. The Kier molecular flexibility index (Phi) is 35.6. The van der Waals surface area contributed by atoms with E-state index in [1.165, 1.54) is 167 Å². The van der Waals surface area contributed by atoms with Gasteiger partial charge in [0.15, 0.2) is 0 Å². The van der Waals surface area contributed by atoms with Crippen molar-refractivity contribution in [1.82, 2.24) is 0 Å². The zero-order valence-corrected chi connectivity index (χ0v) is 64.6. The van der Waals surface area contributed by atoms with Crippen molar-refractivity contribution in [3.05, 3.63) is 0 Å². The Labute approximate surface area is 563 Å². The molecule has 13 rings (SSSR count). The smallest absolute Gasteiger partial charge is 0.0295 e. The first-order valence-electron chi connectivity index (χ1n) is 42.5. The summed E-state index contributed by atoms with van der Waals surface area (Å²) in [5.74, 6) is 26.8. The van der Waals surface area contributed by atoms with Crippen LogP contribution in [0.25, 0.3) is 0 Å². The molecule has 0 amide bonds. The van der Waals surface area contributed by atoms with Crippen LogP contribution in [0.3, 0.4) is 0 Å². The molecule has 0 spiro atoms. The molecule has 0 saturated heterocycles. The molecule has 0 aliphatic heterocycles. The lowest BCUT2D eigenvalue weighted by Gasteiger charge is -2.61. The zero-order chi connectivity index (χ0) is 64.6. The predicted octanol–water partition coefficient (Wildman–Crippen LogP) is 29.6. The highest BCUT2D eigenvalue weighted by Crippen LogP contribution is 2.63. The Morgan fingerprint density at radius 1 is 0.258 bits per heavy atom. The molecule has 0 aromatic heterocycles. The summed E-state index contributed by atoms with van der Waals surface area (Å²) in [6.07, 6.45) is 66.9. The maximum absolute atomic E-state index is 2.49. The van der Waals surface area contributed by atoms with Gasteiger partial charge in [0, 0.05) is 0 Å². The van der Waals surface area contributed by atoms with Crippen molar-refractivity contribution in [2.24, 2.45) is 159 Å². The Balaban J connectivity index is 0.000000166. The van der Waals surface area contributed by atoms with Gasteiger partial charge in [-0.05, 0) is 281 Å². The molecule has 0 heterocycles. The van der Waals surface area contributed by atoms with Crippen LogP contribution in [0.4, 0.5) is 0 Å². The lowest BCUT2D eigenvalue weighted by Crippen LogP contribution is -2.53. The van der Waals surface area contributed by atoms with E-state index in [4.69, 9.17) is 0 Å². The Morgan fingerprint density at radius 2 is 0.539 bits per heavy atom. The van der Waals surface area contributed by atoms with Gasteiger partial charge in [0.1, 0.15) is 0 Å². The summed E-state index contributed by atoms with van der Waals surface area (Å²) >= 11 is 0. The molecule has 13 aliphatic carbocycles. The fourth-order valence-electron chi connectivity index (χ4n) is 23.0. The molecule has 89 heavy (non-hydrogen) atoms. The summed E-state index contributed by atoms with van der Waals surface area (Å²) in [5, 5.41) is 0. The lowest BCUT2D eigenvalue weighted by atomic mass is 9.44. The third-order valence-corrected chi connectivity index (χ3v) is 29.3. The van der Waals surface area contributed by atoms with Crippen molar-refractivity contribution < 1.29 is 0 Å². The van der Waals surface area contributed by atoms with Crippen LogP contribution in [0.2, 0.25) is 0 Å². The van der Waals surface area contributed by atoms with Crippen LogP contribution in [-0.4, -0.2) is 0 Å². The van der Waals surface area contributed by atoms with Gasteiger partial charge < -0.3 is 0 Å². The minimum Gasteiger partial charge on any atom is -0.0651 e. The molecule has 11 atom stereocenters. The van der Waals surface area contributed by atoms with Crippen LogP contribution in [0.15, 0.2) is 0 Å². The van der Waals surface area contributed by atoms with Gasteiger partial charge in [-0.25, -0.2) is 0 Å². The first-order chi connectivity index (χ1) is 42.5. The fourth-order valence-corrected chi connectivity index (χ4v) is 23.0. The van der Waals surface area contributed by atoms with Crippen molar-refractivity contribution in [3.63, 3.8) is 0 Å². The average molecular weight is 1240 g/mol. The van der Waals surface area contributed by atoms with Gasteiger partial charge in [-0.1, -0.05) is 285 Å². The topological polar surface area (TPSA) is 0 Å². The standard InChI is InChI=1S/C14H26.2C13H24.C13H26.2C12H22.C12H24/c1-4-11-5-12-7-13(6-11)9-14(8-12)10(2)3;1-9(2)13-7-11-4-10(3)5-12(6-11)8-13;1-10(2)13-8-11-5-3-4-6-12(7-11)9-13;1-12(2)13-10-8-6-4-3-5-7-9-11-13;1-8(2)10-6-5-9-7-11(10)12(9,3)4;1-9(2)12-7-10-4-3-5-11(6-10)8-12;1-11(2)12-9-7-5-3-4-6-8-10-12/h10-14H,4-9H2,1-3H3;9-13H,4-8H2,1-3H3;10-13H,3-9H2,1-2H3;12-13H,3-11H2,1-2H3;8-11H,5-7H2,1-4H3;9-12H,3-8H2,1-2H3;11-12H,3-10H2,1-2H3. The van der Waals surface area contributed by atoms with Gasteiger partial charge in [-0.3, -0.25) is 0 Å². The van der Waals surface area contributed by atoms with E-state index in [0.717, 1.165) is 154 Å². The van der Waals surface area contributed by atoms with E-state index in [-0.39, 0.29) is 0 Å². The van der Waals surface area contributed by atoms with Gasteiger partial charge in [0.2, 0.25) is 0 Å². The molecule has 13 aliphatic rings.